The zero-order valence-corrected chi connectivity index (χ0v) is 8.41. The maximum absolute atomic E-state index is 9.87. The molecule has 2 aromatic heterocycles. The highest BCUT2D eigenvalue weighted by atomic mass is 16.3. The van der Waals surface area contributed by atoms with Crippen molar-refractivity contribution in [2.75, 3.05) is 0 Å². The van der Waals surface area contributed by atoms with Crippen LogP contribution in [0.25, 0.3) is 0 Å². The molecule has 2 rings (SSSR count). The van der Waals surface area contributed by atoms with Crippen molar-refractivity contribution in [1.29, 1.82) is 0 Å². The van der Waals surface area contributed by atoms with Crippen LogP contribution in [0.4, 0.5) is 0 Å². The molecule has 1 atom stereocenters. The maximum atomic E-state index is 9.87. The fourth-order valence-electron chi connectivity index (χ4n) is 1.36. The Morgan fingerprint density at radius 2 is 2.27 bits per heavy atom. The molecule has 0 spiro atoms. The van der Waals surface area contributed by atoms with E-state index < -0.39 is 6.10 Å². The summed E-state index contributed by atoms with van der Waals surface area (Å²) in [6.45, 7) is 0. The summed E-state index contributed by atoms with van der Waals surface area (Å²) in [6.07, 6.45) is 2.93. The monoisotopic (exact) mass is 204 g/mol. The molecular formula is C10H12N4O. The smallest absolute Gasteiger partial charge is 0.138 e. The van der Waals surface area contributed by atoms with E-state index >= 15 is 0 Å². The van der Waals surface area contributed by atoms with Gasteiger partial charge in [0.15, 0.2) is 0 Å². The molecule has 1 N–H and O–H groups in total. The van der Waals surface area contributed by atoms with Crippen LogP contribution in [0.3, 0.4) is 0 Å². The van der Waals surface area contributed by atoms with E-state index in [9.17, 15) is 5.11 Å². The lowest BCUT2D eigenvalue weighted by atomic mass is 10.1. The van der Waals surface area contributed by atoms with Crippen LogP contribution in [-0.4, -0.2) is 24.9 Å². The standard InChI is InChI=1S/C10H12N4O/c1-14-10(12-7-13-14)6-9(15)8-4-2-3-5-11-8/h2-5,7,9,15H,6H2,1H3. The second-order valence-electron chi connectivity index (χ2n) is 3.27. The van der Waals surface area contributed by atoms with Gasteiger partial charge in [0.05, 0.1) is 5.69 Å². The molecule has 0 saturated heterocycles. The zero-order chi connectivity index (χ0) is 10.7. The molecule has 1 unspecified atom stereocenters. The van der Waals surface area contributed by atoms with Crippen molar-refractivity contribution in [1.82, 2.24) is 19.7 Å². The predicted octanol–water partition coefficient (Wildman–Crippen LogP) is 0.486. The van der Waals surface area contributed by atoms with Crippen molar-refractivity contribution in [3.05, 3.63) is 42.2 Å². The average Bonchev–Trinajstić information content (AvgIpc) is 2.66. The second-order valence-corrected chi connectivity index (χ2v) is 3.27. The van der Waals surface area contributed by atoms with Gasteiger partial charge < -0.3 is 5.11 Å². The first kappa shape index (κ1) is 9.79. The third kappa shape index (κ3) is 2.19. The molecule has 0 aliphatic carbocycles. The molecule has 78 valence electrons. The van der Waals surface area contributed by atoms with Crippen molar-refractivity contribution in [2.45, 2.75) is 12.5 Å². The summed E-state index contributed by atoms with van der Waals surface area (Å²) in [5.41, 5.74) is 0.653. The van der Waals surface area contributed by atoms with Crippen LogP contribution >= 0.6 is 0 Å². The lowest BCUT2D eigenvalue weighted by Crippen LogP contribution is -2.08. The highest BCUT2D eigenvalue weighted by Gasteiger charge is 2.12. The van der Waals surface area contributed by atoms with Gasteiger partial charge in [-0.3, -0.25) is 9.67 Å². The zero-order valence-electron chi connectivity index (χ0n) is 8.41. The van der Waals surface area contributed by atoms with Crippen molar-refractivity contribution in [3.8, 4) is 0 Å². The largest absolute Gasteiger partial charge is 0.386 e. The molecule has 0 aromatic carbocycles. The van der Waals surface area contributed by atoms with E-state index in [1.165, 1.54) is 6.33 Å². The molecule has 2 heterocycles. The summed E-state index contributed by atoms with van der Waals surface area (Å²) in [5.74, 6) is 0.744. The van der Waals surface area contributed by atoms with Crippen LogP contribution in [0.15, 0.2) is 30.7 Å². The Hall–Kier alpha value is -1.75. The van der Waals surface area contributed by atoms with Gasteiger partial charge in [-0.25, -0.2) is 4.98 Å². The molecule has 0 amide bonds. The van der Waals surface area contributed by atoms with Crippen LogP contribution in [0, 0.1) is 0 Å². The van der Waals surface area contributed by atoms with Crippen LogP contribution in [-0.2, 0) is 13.5 Å². The van der Waals surface area contributed by atoms with Gasteiger partial charge in [-0.05, 0) is 12.1 Å². The van der Waals surface area contributed by atoms with Gasteiger partial charge >= 0.3 is 0 Å². The molecule has 5 nitrogen and oxygen atoms in total. The molecule has 0 bridgehead atoms. The third-order valence-corrected chi connectivity index (χ3v) is 2.21. The number of aliphatic hydroxyl groups excluding tert-OH is 1. The lowest BCUT2D eigenvalue weighted by Gasteiger charge is -2.08. The first-order chi connectivity index (χ1) is 7.27. The Labute approximate surface area is 87.4 Å². The van der Waals surface area contributed by atoms with Gasteiger partial charge in [0.2, 0.25) is 0 Å². The van der Waals surface area contributed by atoms with Gasteiger partial charge in [0, 0.05) is 19.7 Å². The number of aromatic nitrogens is 4. The fourth-order valence-corrected chi connectivity index (χ4v) is 1.36. The van der Waals surface area contributed by atoms with E-state index in [4.69, 9.17) is 0 Å². The Morgan fingerprint density at radius 1 is 1.40 bits per heavy atom. The first-order valence-corrected chi connectivity index (χ1v) is 4.69. The van der Waals surface area contributed by atoms with E-state index in [-0.39, 0.29) is 0 Å². The molecule has 0 aliphatic heterocycles. The van der Waals surface area contributed by atoms with Crippen LogP contribution in [0.1, 0.15) is 17.6 Å². The summed E-state index contributed by atoms with van der Waals surface area (Å²) >= 11 is 0. The van der Waals surface area contributed by atoms with E-state index in [0.717, 1.165) is 5.82 Å². The Morgan fingerprint density at radius 3 is 2.87 bits per heavy atom. The van der Waals surface area contributed by atoms with Crippen molar-refractivity contribution in [2.24, 2.45) is 7.05 Å². The number of hydrogen-bond donors (Lipinski definition) is 1. The molecule has 0 fully saturated rings. The lowest BCUT2D eigenvalue weighted by molar-refractivity contribution is 0.169. The van der Waals surface area contributed by atoms with E-state index in [0.29, 0.717) is 12.1 Å². The van der Waals surface area contributed by atoms with Crippen LogP contribution in [0.5, 0.6) is 0 Å². The maximum Gasteiger partial charge on any atom is 0.138 e. The van der Waals surface area contributed by atoms with Gasteiger partial charge in [-0.2, -0.15) is 5.10 Å². The summed E-state index contributed by atoms with van der Waals surface area (Å²) in [5, 5.41) is 13.8. The molecule has 0 saturated carbocycles. The van der Waals surface area contributed by atoms with Crippen molar-refractivity contribution >= 4 is 0 Å². The summed E-state index contributed by atoms with van der Waals surface area (Å²) in [4.78, 5) is 8.13. The van der Waals surface area contributed by atoms with Gasteiger partial charge in [0.25, 0.3) is 0 Å². The van der Waals surface area contributed by atoms with E-state index in [1.807, 2.05) is 12.1 Å². The van der Waals surface area contributed by atoms with Crippen molar-refractivity contribution in [3.63, 3.8) is 0 Å². The molecule has 0 radical (unpaired) electrons. The highest BCUT2D eigenvalue weighted by molar-refractivity contribution is 5.08. The van der Waals surface area contributed by atoms with Gasteiger partial charge in [-0.1, -0.05) is 6.07 Å². The Kier molecular flexibility index (Phi) is 2.73. The summed E-state index contributed by atoms with van der Waals surface area (Å²) < 4.78 is 1.64. The molecule has 15 heavy (non-hydrogen) atoms. The second kappa shape index (κ2) is 4.18. The number of pyridine rings is 1. The number of nitrogens with zero attached hydrogens (tertiary/aromatic N) is 4. The van der Waals surface area contributed by atoms with Crippen LogP contribution < -0.4 is 0 Å². The Balaban J connectivity index is 2.11. The minimum Gasteiger partial charge on any atom is -0.386 e. The quantitative estimate of drug-likeness (QED) is 0.790. The van der Waals surface area contributed by atoms with Crippen LogP contribution in [0.2, 0.25) is 0 Å². The SMILES string of the molecule is Cn1ncnc1CC(O)c1ccccn1. The van der Waals surface area contributed by atoms with Crippen molar-refractivity contribution < 1.29 is 5.11 Å². The van der Waals surface area contributed by atoms with Gasteiger partial charge in [-0.15, -0.1) is 0 Å². The van der Waals surface area contributed by atoms with E-state index in [2.05, 4.69) is 15.1 Å². The van der Waals surface area contributed by atoms with Gasteiger partial charge in [0.1, 0.15) is 18.3 Å². The molecule has 2 aromatic rings. The molecule has 0 aliphatic rings. The average molecular weight is 204 g/mol. The minimum atomic E-state index is -0.630. The summed E-state index contributed by atoms with van der Waals surface area (Å²) in [6, 6.07) is 5.46. The number of rotatable bonds is 3. The minimum absolute atomic E-state index is 0.424. The number of aryl methyl sites for hydroxylation is 1. The topological polar surface area (TPSA) is 63.8 Å². The normalized spacial score (nSPS) is 12.7. The first-order valence-electron chi connectivity index (χ1n) is 4.69. The predicted molar refractivity (Wildman–Crippen MR) is 53.9 cm³/mol. The summed E-state index contributed by atoms with van der Waals surface area (Å²) in [7, 11) is 1.80. The Bertz CT molecular complexity index is 426. The third-order valence-electron chi connectivity index (χ3n) is 2.21. The van der Waals surface area contributed by atoms with E-state index in [1.54, 1.807) is 24.0 Å². The molecular weight excluding hydrogens is 192 g/mol. The molecule has 5 heteroatoms. The highest BCUT2D eigenvalue weighted by Crippen LogP contribution is 2.13. The number of aliphatic hydroxyl groups is 1. The number of hydrogen-bond acceptors (Lipinski definition) is 4. The fraction of sp³-hybridized carbons (Fsp3) is 0.300.